The molecule has 2 aromatic rings. The summed E-state index contributed by atoms with van der Waals surface area (Å²) in [5, 5.41) is 2.97. The molecular weight excluding hydrogens is 376 g/mol. The van der Waals surface area contributed by atoms with Gasteiger partial charge in [-0.2, -0.15) is 0 Å². The number of benzene rings is 2. The fourth-order valence-electron chi connectivity index (χ4n) is 3.60. The summed E-state index contributed by atoms with van der Waals surface area (Å²) in [7, 11) is -3.48. The SMILES string of the molecule is Cc1cc(C)c(NC(=O)C2CCN(S(C)(=O)=O)c3cc(C)ccc3O2)c(C)c1. The largest absolute Gasteiger partial charge is 0.478 e. The van der Waals surface area contributed by atoms with Crippen LogP contribution in [0.2, 0.25) is 0 Å². The first-order chi connectivity index (χ1) is 13.1. The fourth-order valence-corrected chi connectivity index (χ4v) is 4.54. The van der Waals surface area contributed by atoms with Crippen molar-refractivity contribution < 1.29 is 17.9 Å². The van der Waals surface area contributed by atoms with Crippen LogP contribution in [0.5, 0.6) is 5.75 Å². The zero-order valence-corrected chi connectivity index (χ0v) is 17.7. The Kier molecular flexibility index (Phi) is 5.39. The van der Waals surface area contributed by atoms with E-state index in [9.17, 15) is 13.2 Å². The van der Waals surface area contributed by atoms with Crippen molar-refractivity contribution in [2.45, 2.75) is 40.2 Å². The first kappa shape index (κ1) is 20.2. The van der Waals surface area contributed by atoms with Gasteiger partial charge in [0.15, 0.2) is 6.10 Å². The number of fused-ring (bicyclic) bond motifs is 1. The van der Waals surface area contributed by atoms with Gasteiger partial charge >= 0.3 is 0 Å². The number of ether oxygens (including phenoxy) is 1. The highest BCUT2D eigenvalue weighted by Crippen LogP contribution is 2.35. The molecule has 6 nitrogen and oxygen atoms in total. The van der Waals surface area contributed by atoms with E-state index in [0.29, 0.717) is 11.4 Å². The predicted molar refractivity (Wildman–Crippen MR) is 112 cm³/mol. The molecule has 0 bridgehead atoms. The van der Waals surface area contributed by atoms with Gasteiger partial charge in [-0.15, -0.1) is 0 Å². The molecule has 0 saturated carbocycles. The number of sulfonamides is 1. The molecule has 1 aliphatic rings. The molecule has 1 heterocycles. The molecule has 150 valence electrons. The van der Waals surface area contributed by atoms with Crippen molar-refractivity contribution in [3.8, 4) is 5.75 Å². The van der Waals surface area contributed by atoms with E-state index in [4.69, 9.17) is 4.74 Å². The minimum absolute atomic E-state index is 0.180. The second-order valence-corrected chi connectivity index (χ2v) is 9.37. The standard InChI is InChI=1S/C21H26N2O4S/c1-13-6-7-18-17(12-13)23(28(5,25)26)9-8-19(27-18)21(24)22-20-15(3)10-14(2)11-16(20)4/h6-7,10-12,19H,8-9H2,1-5H3,(H,22,24). The second kappa shape index (κ2) is 7.47. The van der Waals surface area contributed by atoms with Gasteiger partial charge in [0.2, 0.25) is 10.0 Å². The molecule has 0 spiro atoms. The Morgan fingerprint density at radius 2 is 1.71 bits per heavy atom. The Morgan fingerprint density at radius 1 is 1.07 bits per heavy atom. The minimum Gasteiger partial charge on any atom is -0.478 e. The average molecular weight is 403 g/mol. The highest BCUT2D eigenvalue weighted by atomic mass is 32.2. The van der Waals surface area contributed by atoms with Gasteiger partial charge in [0.1, 0.15) is 5.75 Å². The molecule has 0 radical (unpaired) electrons. The van der Waals surface area contributed by atoms with Crippen LogP contribution in [0.25, 0.3) is 0 Å². The van der Waals surface area contributed by atoms with Gasteiger partial charge < -0.3 is 10.1 Å². The lowest BCUT2D eigenvalue weighted by Crippen LogP contribution is -2.36. The number of nitrogens with one attached hydrogen (secondary N) is 1. The van der Waals surface area contributed by atoms with E-state index >= 15 is 0 Å². The van der Waals surface area contributed by atoms with Gasteiger partial charge in [-0.3, -0.25) is 9.10 Å². The number of carbonyl (C=O) groups excluding carboxylic acids is 1. The molecule has 0 fully saturated rings. The number of anilines is 2. The number of hydrogen-bond donors (Lipinski definition) is 1. The third-order valence-electron chi connectivity index (χ3n) is 4.86. The summed E-state index contributed by atoms with van der Waals surface area (Å²) in [5.74, 6) is 0.114. The molecule has 3 rings (SSSR count). The molecule has 28 heavy (non-hydrogen) atoms. The topological polar surface area (TPSA) is 75.7 Å². The molecule has 0 aromatic heterocycles. The van der Waals surface area contributed by atoms with Crippen LogP contribution in [-0.2, 0) is 14.8 Å². The average Bonchev–Trinajstić information content (AvgIpc) is 2.76. The van der Waals surface area contributed by atoms with Gasteiger partial charge in [-0.1, -0.05) is 23.8 Å². The van der Waals surface area contributed by atoms with Crippen LogP contribution in [0.15, 0.2) is 30.3 Å². The van der Waals surface area contributed by atoms with Gasteiger partial charge in [-0.05, 0) is 56.5 Å². The Labute approximate surface area is 166 Å². The molecule has 1 unspecified atom stereocenters. The normalized spacial score (nSPS) is 16.8. The van der Waals surface area contributed by atoms with Gasteiger partial charge in [0, 0.05) is 18.7 Å². The van der Waals surface area contributed by atoms with Gasteiger partial charge in [-0.25, -0.2) is 8.42 Å². The Bertz CT molecular complexity index is 1010. The van der Waals surface area contributed by atoms with Crippen LogP contribution < -0.4 is 14.4 Å². The van der Waals surface area contributed by atoms with Crippen LogP contribution in [0.3, 0.4) is 0 Å². The Balaban J connectivity index is 1.91. The first-order valence-corrected chi connectivity index (χ1v) is 11.0. The van der Waals surface area contributed by atoms with E-state index in [2.05, 4.69) is 5.32 Å². The highest BCUT2D eigenvalue weighted by Gasteiger charge is 2.31. The maximum Gasteiger partial charge on any atom is 0.265 e. The summed E-state index contributed by atoms with van der Waals surface area (Å²) in [6.45, 7) is 7.98. The lowest BCUT2D eigenvalue weighted by Gasteiger charge is -2.21. The highest BCUT2D eigenvalue weighted by molar-refractivity contribution is 7.92. The molecule has 7 heteroatoms. The summed E-state index contributed by atoms with van der Waals surface area (Å²) in [6.07, 6.45) is 0.642. The summed E-state index contributed by atoms with van der Waals surface area (Å²) < 4.78 is 31.8. The van der Waals surface area contributed by atoms with Crippen LogP contribution in [0, 0.1) is 27.7 Å². The number of amides is 1. The third-order valence-corrected chi connectivity index (χ3v) is 6.04. The molecule has 1 aliphatic heterocycles. The van der Waals surface area contributed by atoms with Crippen molar-refractivity contribution >= 4 is 27.3 Å². The lowest BCUT2D eigenvalue weighted by molar-refractivity contribution is -0.122. The summed E-state index contributed by atoms with van der Waals surface area (Å²) in [6, 6.07) is 9.36. The molecule has 0 saturated heterocycles. The van der Waals surface area contributed by atoms with Crippen molar-refractivity contribution in [3.05, 3.63) is 52.6 Å². The van der Waals surface area contributed by atoms with Crippen molar-refractivity contribution in [3.63, 3.8) is 0 Å². The number of nitrogens with zero attached hydrogens (tertiary/aromatic N) is 1. The van der Waals surface area contributed by atoms with Crippen LogP contribution >= 0.6 is 0 Å². The van der Waals surface area contributed by atoms with Gasteiger partial charge in [0.25, 0.3) is 5.91 Å². The maximum atomic E-state index is 12.9. The molecule has 2 aromatic carbocycles. The lowest BCUT2D eigenvalue weighted by atomic mass is 10.0. The summed E-state index contributed by atoms with van der Waals surface area (Å²) in [5.41, 5.74) is 5.26. The minimum atomic E-state index is -3.48. The smallest absolute Gasteiger partial charge is 0.265 e. The maximum absolute atomic E-state index is 12.9. The number of rotatable bonds is 3. The number of carbonyl (C=O) groups is 1. The summed E-state index contributed by atoms with van der Waals surface area (Å²) in [4.78, 5) is 12.9. The third kappa shape index (κ3) is 4.14. The molecular formula is C21H26N2O4S. The van der Waals surface area contributed by atoms with E-state index in [-0.39, 0.29) is 18.9 Å². The van der Waals surface area contributed by atoms with Crippen LogP contribution in [0.1, 0.15) is 28.7 Å². The monoisotopic (exact) mass is 402 g/mol. The van der Waals surface area contributed by atoms with Crippen LogP contribution in [0.4, 0.5) is 11.4 Å². The first-order valence-electron chi connectivity index (χ1n) is 9.20. The molecule has 1 N–H and O–H groups in total. The van der Waals surface area contributed by atoms with E-state index in [1.807, 2.05) is 45.9 Å². The second-order valence-electron chi connectivity index (χ2n) is 7.46. The van der Waals surface area contributed by atoms with E-state index in [0.717, 1.165) is 27.9 Å². The van der Waals surface area contributed by atoms with E-state index in [1.54, 1.807) is 12.1 Å². The fraction of sp³-hybridized carbons (Fsp3) is 0.381. The zero-order valence-electron chi connectivity index (χ0n) is 16.9. The van der Waals surface area contributed by atoms with E-state index in [1.165, 1.54) is 10.6 Å². The Morgan fingerprint density at radius 3 is 2.32 bits per heavy atom. The zero-order chi connectivity index (χ0) is 20.6. The molecule has 1 atom stereocenters. The van der Waals surface area contributed by atoms with Crippen molar-refractivity contribution in [2.24, 2.45) is 0 Å². The quantitative estimate of drug-likeness (QED) is 0.853. The number of aryl methyl sites for hydroxylation is 4. The van der Waals surface area contributed by atoms with Crippen molar-refractivity contribution in [2.75, 3.05) is 22.4 Å². The predicted octanol–water partition coefficient (Wildman–Crippen LogP) is 3.48. The Hall–Kier alpha value is -2.54. The van der Waals surface area contributed by atoms with Crippen molar-refractivity contribution in [1.29, 1.82) is 0 Å². The summed E-state index contributed by atoms with van der Waals surface area (Å²) >= 11 is 0. The molecule has 0 aliphatic carbocycles. The van der Waals surface area contributed by atoms with Gasteiger partial charge in [0.05, 0.1) is 11.9 Å². The number of hydrogen-bond acceptors (Lipinski definition) is 4. The van der Waals surface area contributed by atoms with Crippen molar-refractivity contribution in [1.82, 2.24) is 0 Å². The molecule has 1 amide bonds. The van der Waals surface area contributed by atoms with Crippen LogP contribution in [-0.4, -0.2) is 33.2 Å². The van der Waals surface area contributed by atoms with E-state index < -0.39 is 16.1 Å².